The number of fused-ring (bicyclic) bond motifs is 5. The molecule has 4 rings (SSSR count). The van der Waals surface area contributed by atoms with Crippen molar-refractivity contribution in [3.05, 3.63) is 24.3 Å². The zero-order valence-electron chi connectivity index (χ0n) is 17.6. The minimum absolute atomic E-state index is 0.322. The monoisotopic (exact) mass is 383 g/mol. The Morgan fingerprint density at radius 1 is 1.43 bits per heavy atom. The maximum atomic E-state index is 11.3. The highest BCUT2D eigenvalue weighted by Crippen LogP contribution is 2.68. The summed E-state index contributed by atoms with van der Waals surface area (Å²) >= 11 is 0. The second-order valence-corrected chi connectivity index (χ2v) is 10.2. The number of aliphatic carboxylic acids is 1. The first-order chi connectivity index (χ1) is 13.4. The van der Waals surface area contributed by atoms with Gasteiger partial charge in [-0.15, -0.1) is 6.58 Å². The second-order valence-electron chi connectivity index (χ2n) is 10.2. The smallest absolute Gasteiger partial charge is 0.303 e. The van der Waals surface area contributed by atoms with Crippen molar-refractivity contribution in [2.45, 2.75) is 71.6 Å². The summed E-state index contributed by atoms with van der Waals surface area (Å²) in [6.45, 7) is 9.04. The molecular formula is C25H37NO2. The van der Waals surface area contributed by atoms with Gasteiger partial charge in [-0.05, 0) is 104 Å². The minimum Gasteiger partial charge on any atom is -0.481 e. The van der Waals surface area contributed by atoms with E-state index in [0.717, 1.165) is 30.9 Å². The highest BCUT2D eigenvalue weighted by Gasteiger charge is 2.61. The van der Waals surface area contributed by atoms with E-state index >= 15 is 0 Å². The van der Waals surface area contributed by atoms with E-state index in [1.807, 2.05) is 0 Å². The second kappa shape index (κ2) is 7.46. The Morgan fingerprint density at radius 2 is 2.21 bits per heavy atom. The summed E-state index contributed by atoms with van der Waals surface area (Å²) in [6, 6.07) is 0. The molecule has 3 nitrogen and oxygen atoms in total. The molecule has 0 amide bonds. The van der Waals surface area contributed by atoms with Gasteiger partial charge in [-0.3, -0.25) is 4.79 Å². The van der Waals surface area contributed by atoms with Crippen LogP contribution in [-0.2, 0) is 4.79 Å². The summed E-state index contributed by atoms with van der Waals surface area (Å²) in [4.78, 5) is 11.3. The van der Waals surface area contributed by atoms with Gasteiger partial charge in [-0.2, -0.15) is 0 Å². The molecule has 0 heterocycles. The van der Waals surface area contributed by atoms with Crippen molar-refractivity contribution < 1.29 is 9.90 Å². The maximum Gasteiger partial charge on any atom is 0.303 e. The Hall–Kier alpha value is -1.38. The number of carbonyl (C=O) groups is 1. The summed E-state index contributed by atoms with van der Waals surface area (Å²) in [6.07, 6.45) is 13.7. The lowest BCUT2D eigenvalue weighted by atomic mass is 9.46. The molecule has 7 unspecified atom stereocenters. The molecule has 3 fully saturated rings. The van der Waals surface area contributed by atoms with E-state index in [9.17, 15) is 9.90 Å². The summed E-state index contributed by atoms with van der Waals surface area (Å²) in [5.74, 6) is 3.95. The van der Waals surface area contributed by atoms with E-state index in [1.165, 1.54) is 37.7 Å². The van der Waals surface area contributed by atoms with Gasteiger partial charge in [-0.1, -0.05) is 25.5 Å². The number of carboxylic acids is 1. The molecule has 154 valence electrons. The molecule has 0 saturated heterocycles. The van der Waals surface area contributed by atoms with Crippen molar-refractivity contribution in [2.24, 2.45) is 46.8 Å². The molecule has 28 heavy (non-hydrogen) atoms. The van der Waals surface area contributed by atoms with Gasteiger partial charge in [0, 0.05) is 12.1 Å². The molecule has 0 spiro atoms. The van der Waals surface area contributed by atoms with Crippen molar-refractivity contribution >= 4 is 11.7 Å². The van der Waals surface area contributed by atoms with E-state index in [2.05, 4.69) is 32.6 Å². The van der Waals surface area contributed by atoms with Gasteiger partial charge in [0.25, 0.3) is 0 Å². The number of nitrogens with one attached hydrogen (secondary N) is 1. The Labute approximate surface area is 170 Å². The fourth-order valence-electron chi connectivity index (χ4n) is 8.40. The van der Waals surface area contributed by atoms with E-state index in [1.54, 1.807) is 0 Å². The number of allylic oxidation sites excluding steroid dienone is 3. The van der Waals surface area contributed by atoms with Crippen LogP contribution in [0, 0.1) is 52.2 Å². The van der Waals surface area contributed by atoms with Crippen molar-refractivity contribution in [3.8, 4) is 0 Å². The highest BCUT2D eigenvalue weighted by molar-refractivity contribution is 5.93. The van der Waals surface area contributed by atoms with Crippen LogP contribution in [0.15, 0.2) is 24.3 Å². The lowest BCUT2D eigenvalue weighted by molar-refractivity contribution is -0.137. The number of carboxylic acid groups (broad SMARTS) is 1. The van der Waals surface area contributed by atoms with Crippen molar-refractivity contribution in [3.63, 3.8) is 0 Å². The van der Waals surface area contributed by atoms with Gasteiger partial charge in [0.2, 0.25) is 0 Å². The molecule has 4 aliphatic rings. The molecule has 0 radical (unpaired) electrons. The largest absolute Gasteiger partial charge is 0.481 e. The molecule has 0 aromatic heterocycles. The maximum absolute atomic E-state index is 11.3. The van der Waals surface area contributed by atoms with Gasteiger partial charge < -0.3 is 10.5 Å². The normalized spacial score (nSPS) is 44.9. The third kappa shape index (κ3) is 3.00. The quantitative estimate of drug-likeness (QED) is 0.563. The van der Waals surface area contributed by atoms with Gasteiger partial charge in [0.1, 0.15) is 0 Å². The first-order valence-corrected chi connectivity index (χ1v) is 11.5. The van der Waals surface area contributed by atoms with Crippen molar-refractivity contribution in [1.29, 1.82) is 5.41 Å². The molecular weight excluding hydrogens is 346 g/mol. The lowest BCUT2D eigenvalue weighted by Gasteiger charge is -2.58. The van der Waals surface area contributed by atoms with Crippen LogP contribution in [0.5, 0.6) is 0 Å². The average molecular weight is 384 g/mol. The van der Waals surface area contributed by atoms with Gasteiger partial charge >= 0.3 is 5.97 Å². The number of hydrogen-bond donors (Lipinski definition) is 2. The van der Waals surface area contributed by atoms with E-state index in [-0.39, 0.29) is 0 Å². The minimum atomic E-state index is -0.642. The zero-order chi connectivity index (χ0) is 20.1. The van der Waals surface area contributed by atoms with Crippen molar-refractivity contribution in [1.82, 2.24) is 0 Å². The third-order valence-corrected chi connectivity index (χ3v) is 9.31. The fourth-order valence-corrected chi connectivity index (χ4v) is 8.40. The predicted octanol–water partition coefficient (Wildman–Crippen LogP) is 6.11. The molecule has 3 heteroatoms. The number of rotatable bonds is 5. The third-order valence-electron chi connectivity index (χ3n) is 9.31. The summed E-state index contributed by atoms with van der Waals surface area (Å²) in [7, 11) is 0. The van der Waals surface area contributed by atoms with Crippen LogP contribution in [0.25, 0.3) is 0 Å². The Morgan fingerprint density at radius 3 is 2.89 bits per heavy atom. The topological polar surface area (TPSA) is 61.2 Å². The van der Waals surface area contributed by atoms with Gasteiger partial charge in [0.05, 0.1) is 0 Å². The zero-order valence-corrected chi connectivity index (χ0v) is 17.6. The fraction of sp³-hybridized carbons (Fsp3) is 0.760. The summed E-state index contributed by atoms with van der Waals surface area (Å²) in [5, 5.41) is 17.4. The van der Waals surface area contributed by atoms with Crippen LogP contribution in [-0.4, -0.2) is 16.8 Å². The molecule has 0 aromatic rings. The Balaban J connectivity index is 1.68. The van der Waals surface area contributed by atoms with E-state index in [4.69, 9.17) is 5.41 Å². The van der Waals surface area contributed by atoms with Crippen LogP contribution in [0.4, 0.5) is 0 Å². The first-order valence-electron chi connectivity index (χ1n) is 11.5. The Bertz CT molecular complexity index is 695. The molecule has 4 aliphatic carbocycles. The molecule has 8 atom stereocenters. The van der Waals surface area contributed by atoms with Crippen LogP contribution < -0.4 is 0 Å². The van der Waals surface area contributed by atoms with Crippen LogP contribution in [0.2, 0.25) is 0 Å². The molecule has 0 aromatic carbocycles. The van der Waals surface area contributed by atoms with Gasteiger partial charge in [-0.25, -0.2) is 0 Å². The molecule has 0 aliphatic heterocycles. The summed E-state index contributed by atoms with van der Waals surface area (Å²) in [5.41, 5.74) is 2.67. The SMILES string of the molecule is C=CC1CC2=CC(=N)CCC2C2CCC3(CC)C(CCC(=O)O)C[C@H](C)C3C12. The predicted molar refractivity (Wildman–Crippen MR) is 113 cm³/mol. The van der Waals surface area contributed by atoms with Crippen LogP contribution in [0.1, 0.15) is 71.6 Å². The van der Waals surface area contributed by atoms with E-state index < -0.39 is 5.97 Å². The van der Waals surface area contributed by atoms with Crippen LogP contribution >= 0.6 is 0 Å². The molecule has 3 saturated carbocycles. The summed E-state index contributed by atoms with van der Waals surface area (Å²) < 4.78 is 0. The standard InChI is InChI=1S/C25H37NO2/c1-4-16-13-17-14-19(26)7-8-20(17)21-10-11-25(5-2)18(6-9-22(27)28)12-15(3)24(25)23(16)21/h4,14-16,18,20-21,23-24,26H,1,5-13H2,2-3H3,(H,27,28)/t15-,16?,18?,20?,21?,23?,24?,25?/m0/s1. The lowest BCUT2D eigenvalue weighted by Crippen LogP contribution is -2.51. The molecule has 0 bridgehead atoms. The van der Waals surface area contributed by atoms with Crippen LogP contribution in [0.3, 0.4) is 0 Å². The van der Waals surface area contributed by atoms with E-state index in [0.29, 0.717) is 47.3 Å². The Kier molecular flexibility index (Phi) is 5.31. The number of hydrogen-bond acceptors (Lipinski definition) is 2. The average Bonchev–Trinajstić information content (AvgIpc) is 2.97. The van der Waals surface area contributed by atoms with Gasteiger partial charge in [0.15, 0.2) is 0 Å². The highest BCUT2D eigenvalue weighted by atomic mass is 16.4. The molecule has 2 N–H and O–H groups in total. The first kappa shape index (κ1) is 19.9. The van der Waals surface area contributed by atoms with Crippen molar-refractivity contribution in [2.75, 3.05) is 0 Å².